The largest absolute Gasteiger partial charge is 0.466 e. The van der Waals surface area contributed by atoms with Crippen LogP contribution in [0.3, 0.4) is 0 Å². The summed E-state index contributed by atoms with van der Waals surface area (Å²) in [5.74, 6) is -0.591. The van der Waals surface area contributed by atoms with E-state index < -0.39 is 0 Å². The predicted octanol–water partition coefficient (Wildman–Crippen LogP) is 3.15. The molecule has 1 unspecified atom stereocenters. The lowest BCUT2D eigenvalue weighted by atomic mass is 9.98. The molecule has 10 nitrogen and oxygen atoms in total. The minimum Gasteiger partial charge on any atom is -0.466 e. The third kappa shape index (κ3) is 5.06. The number of carbonyl (C=O) groups is 3. The molecule has 186 valence electrons. The number of rotatable bonds is 7. The fraction of sp³-hybridized carbons (Fsp3) is 0.480. The van der Waals surface area contributed by atoms with E-state index in [-0.39, 0.29) is 36.3 Å². The van der Waals surface area contributed by atoms with Gasteiger partial charge in [-0.05, 0) is 51.8 Å². The van der Waals surface area contributed by atoms with Crippen LogP contribution in [-0.4, -0.2) is 75.6 Å². The first-order valence-electron chi connectivity index (χ1n) is 11.9. The van der Waals surface area contributed by atoms with Gasteiger partial charge in [-0.2, -0.15) is 5.10 Å². The van der Waals surface area contributed by atoms with Gasteiger partial charge in [-0.15, -0.1) is 0 Å². The number of furan rings is 1. The molecular formula is C25H31N5O5. The fourth-order valence-corrected chi connectivity index (χ4v) is 4.36. The van der Waals surface area contributed by atoms with E-state index in [4.69, 9.17) is 14.1 Å². The van der Waals surface area contributed by atoms with Gasteiger partial charge in [-0.25, -0.2) is 9.67 Å². The highest BCUT2D eigenvalue weighted by atomic mass is 16.5. The van der Waals surface area contributed by atoms with Gasteiger partial charge in [0.05, 0.1) is 42.5 Å². The van der Waals surface area contributed by atoms with E-state index in [1.54, 1.807) is 54.2 Å². The fourth-order valence-electron chi connectivity index (χ4n) is 4.36. The number of likely N-dealkylation sites (tertiary alicyclic amines) is 1. The summed E-state index contributed by atoms with van der Waals surface area (Å²) in [4.78, 5) is 46.4. The van der Waals surface area contributed by atoms with Gasteiger partial charge < -0.3 is 19.0 Å². The van der Waals surface area contributed by atoms with Crippen molar-refractivity contribution in [2.45, 2.75) is 39.7 Å². The van der Waals surface area contributed by atoms with E-state index in [0.29, 0.717) is 54.2 Å². The first-order chi connectivity index (χ1) is 16.8. The Morgan fingerprint density at radius 1 is 1.31 bits per heavy atom. The summed E-state index contributed by atoms with van der Waals surface area (Å²) in [7, 11) is 1.60. The molecule has 35 heavy (non-hydrogen) atoms. The quantitative estimate of drug-likeness (QED) is 0.477. The number of nitrogens with zero attached hydrogens (tertiary/aromatic N) is 5. The summed E-state index contributed by atoms with van der Waals surface area (Å²) in [6, 6.07) is 5.26. The monoisotopic (exact) mass is 481 g/mol. The second kappa shape index (κ2) is 10.3. The summed E-state index contributed by atoms with van der Waals surface area (Å²) in [5.41, 5.74) is 1.48. The molecular weight excluding hydrogens is 450 g/mol. The number of likely N-dealkylation sites (N-methyl/N-ethyl adjacent to an activating group) is 1. The Morgan fingerprint density at radius 3 is 2.80 bits per heavy atom. The molecule has 1 aliphatic heterocycles. The summed E-state index contributed by atoms with van der Waals surface area (Å²) >= 11 is 0. The Hall–Kier alpha value is -3.69. The van der Waals surface area contributed by atoms with Gasteiger partial charge in [0.15, 0.2) is 11.4 Å². The molecule has 3 aromatic heterocycles. The molecule has 1 saturated heterocycles. The van der Waals surface area contributed by atoms with Crippen molar-refractivity contribution < 1.29 is 23.5 Å². The second-order valence-electron chi connectivity index (χ2n) is 9.04. The number of ether oxygens (including phenoxy) is 1. The number of amides is 2. The average molecular weight is 482 g/mol. The predicted molar refractivity (Wildman–Crippen MR) is 129 cm³/mol. The molecule has 3 aromatic rings. The molecule has 2 amide bonds. The highest BCUT2D eigenvalue weighted by Gasteiger charge is 2.30. The lowest BCUT2D eigenvalue weighted by Gasteiger charge is -2.32. The third-order valence-corrected chi connectivity index (χ3v) is 6.17. The van der Waals surface area contributed by atoms with E-state index in [2.05, 4.69) is 5.10 Å². The Morgan fingerprint density at radius 2 is 2.11 bits per heavy atom. The van der Waals surface area contributed by atoms with Crippen molar-refractivity contribution in [3.63, 3.8) is 0 Å². The van der Waals surface area contributed by atoms with Crippen molar-refractivity contribution in [1.29, 1.82) is 0 Å². The number of pyridine rings is 1. The van der Waals surface area contributed by atoms with Crippen LogP contribution in [0.1, 0.15) is 50.0 Å². The van der Waals surface area contributed by atoms with Crippen LogP contribution in [0.2, 0.25) is 0 Å². The topological polar surface area (TPSA) is 111 Å². The van der Waals surface area contributed by atoms with Gasteiger partial charge in [-0.3, -0.25) is 14.4 Å². The van der Waals surface area contributed by atoms with Gasteiger partial charge in [0.1, 0.15) is 5.69 Å². The molecule has 10 heteroatoms. The molecule has 0 aliphatic carbocycles. The van der Waals surface area contributed by atoms with E-state index >= 15 is 0 Å². The Balaban J connectivity index is 1.56. The molecule has 0 spiro atoms. The molecule has 0 bridgehead atoms. The Kier molecular flexibility index (Phi) is 7.18. The zero-order chi connectivity index (χ0) is 25.1. The number of carbonyl (C=O) groups excluding carboxylic acids is 3. The summed E-state index contributed by atoms with van der Waals surface area (Å²) in [6.45, 7) is 6.82. The van der Waals surface area contributed by atoms with E-state index in [9.17, 15) is 14.4 Å². The first kappa shape index (κ1) is 24.4. The summed E-state index contributed by atoms with van der Waals surface area (Å²) in [5, 5.41) is 5.04. The zero-order valence-corrected chi connectivity index (χ0v) is 20.6. The van der Waals surface area contributed by atoms with Crippen LogP contribution in [-0.2, 0) is 14.3 Å². The average Bonchev–Trinajstić information content (AvgIpc) is 3.53. The number of hydrogen-bond donors (Lipinski definition) is 0. The number of aromatic nitrogens is 3. The zero-order valence-electron chi connectivity index (χ0n) is 20.6. The molecule has 0 N–H and O–H groups in total. The maximum atomic E-state index is 13.5. The van der Waals surface area contributed by atoms with Crippen molar-refractivity contribution >= 4 is 28.8 Å². The number of esters is 1. The molecule has 1 fully saturated rings. The maximum absolute atomic E-state index is 13.5. The molecule has 0 radical (unpaired) electrons. The smallest absolute Gasteiger partial charge is 0.310 e. The van der Waals surface area contributed by atoms with Gasteiger partial charge in [0.2, 0.25) is 5.91 Å². The first-order valence-corrected chi connectivity index (χ1v) is 11.9. The standard InChI is InChI=1S/C25H31N5O5/c1-5-34-25(33)17-8-6-10-29(14-17)22(31)15-28(4)24(32)18-12-20(21-9-7-11-35-21)27-23-19(18)13-26-30(23)16(2)3/h7,9,11-13,16-17H,5-6,8,10,14-15H2,1-4H3. The minimum atomic E-state index is -0.328. The van der Waals surface area contributed by atoms with Gasteiger partial charge in [0, 0.05) is 26.2 Å². The van der Waals surface area contributed by atoms with Crippen LogP contribution >= 0.6 is 0 Å². The number of fused-ring (bicyclic) bond motifs is 1. The van der Waals surface area contributed by atoms with Crippen molar-refractivity contribution in [3.8, 4) is 11.5 Å². The van der Waals surface area contributed by atoms with Crippen molar-refractivity contribution in [2.75, 3.05) is 33.3 Å². The Labute approximate surface area is 203 Å². The van der Waals surface area contributed by atoms with Crippen LogP contribution in [0, 0.1) is 5.92 Å². The minimum absolute atomic E-state index is 0.0422. The molecule has 4 rings (SSSR count). The third-order valence-electron chi connectivity index (χ3n) is 6.17. The number of piperidine rings is 1. The van der Waals surface area contributed by atoms with Gasteiger partial charge in [-0.1, -0.05) is 0 Å². The Bertz CT molecular complexity index is 1220. The van der Waals surface area contributed by atoms with Crippen molar-refractivity contribution in [3.05, 3.63) is 36.2 Å². The highest BCUT2D eigenvalue weighted by Crippen LogP contribution is 2.27. The van der Waals surface area contributed by atoms with E-state index in [1.165, 1.54) is 4.90 Å². The van der Waals surface area contributed by atoms with Gasteiger partial charge in [0.25, 0.3) is 5.91 Å². The van der Waals surface area contributed by atoms with Crippen molar-refractivity contribution in [2.24, 2.45) is 5.92 Å². The molecule has 4 heterocycles. The maximum Gasteiger partial charge on any atom is 0.310 e. The van der Waals surface area contributed by atoms with Crippen LogP contribution < -0.4 is 0 Å². The number of hydrogen-bond acceptors (Lipinski definition) is 7. The van der Waals surface area contributed by atoms with Crippen LogP contribution in [0.15, 0.2) is 35.1 Å². The molecule has 1 aliphatic rings. The molecule has 0 saturated carbocycles. The van der Waals surface area contributed by atoms with Crippen LogP contribution in [0.5, 0.6) is 0 Å². The summed E-state index contributed by atoms with van der Waals surface area (Å²) < 4.78 is 12.4. The lowest BCUT2D eigenvalue weighted by Crippen LogP contribution is -2.47. The summed E-state index contributed by atoms with van der Waals surface area (Å²) in [6.07, 6.45) is 4.60. The normalized spacial score (nSPS) is 16.0. The van der Waals surface area contributed by atoms with Crippen molar-refractivity contribution in [1.82, 2.24) is 24.6 Å². The second-order valence-corrected chi connectivity index (χ2v) is 9.04. The van der Waals surface area contributed by atoms with Crippen LogP contribution in [0.25, 0.3) is 22.5 Å². The SMILES string of the molecule is CCOC(=O)C1CCCN(C(=O)CN(C)C(=O)c2cc(-c3ccco3)nc3c2cnn3C(C)C)C1. The molecule has 1 atom stereocenters. The highest BCUT2D eigenvalue weighted by molar-refractivity contribution is 6.07. The van der Waals surface area contributed by atoms with E-state index in [0.717, 1.165) is 6.42 Å². The molecule has 0 aromatic carbocycles. The van der Waals surface area contributed by atoms with Crippen LogP contribution in [0.4, 0.5) is 0 Å². The lowest BCUT2D eigenvalue weighted by molar-refractivity contribution is -0.151. The van der Waals surface area contributed by atoms with Gasteiger partial charge >= 0.3 is 5.97 Å². The van der Waals surface area contributed by atoms with E-state index in [1.807, 2.05) is 13.8 Å².